The first kappa shape index (κ1) is 84.4. The van der Waals surface area contributed by atoms with Crippen LogP contribution in [0.5, 0.6) is 5.75 Å². The minimum absolute atomic E-state index is 0.0283. The minimum Gasteiger partial charge on any atom is -0.490 e. The van der Waals surface area contributed by atoms with Crippen LogP contribution in [0.2, 0.25) is 0 Å². The normalized spacial score (nSPS) is 16.4. The van der Waals surface area contributed by atoms with Gasteiger partial charge in [-0.25, -0.2) is 23.5 Å². The SMILES string of the molecule is COCCOCCOCCOCCOCCOCCOCCOCCNC(=O)c1cc(N2C(=O)C=CC2=O)cc(F)c1OCCCC(=O)NCC(=O)NCC(=O)N[C@@H](Cc1ccccc1)C(=O)NCC(=O)NCO[C@@H](C)C(=O)N[C@H]1CCc2c(C)c(F)cc3nc4c(c1c23)Cn1c-4cc2c(c1=O)COC(=O)[C@]2(O)CC1CC1. The largest absolute Gasteiger partial charge is 0.490 e. The fraction of sp³-hybridized carbons (Fsp3) is 0.506. The molecule has 1 fully saturated rings. The van der Waals surface area contributed by atoms with E-state index in [1.165, 1.54) is 17.6 Å². The zero-order chi connectivity index (χ0) is 79.7. The lowest BCUT2D eigenvalue weighted by Gasteiger charge is -2.32. The van der Waals surface area contributed by atoms with Crippen molar-refractivity contribution in [1.82, 2.24) is 46.8 Å². The standard InChI is InChI=1S/C77H94F2N10O23/c1-46-51-13-14-58(69-53-43-88-61(70(53)86-59(68(51)69)38-56(46)78)37-55-54(75(88)99)44-111-76(100)77(55,101)39-49-11-12-49)87-72(96)47(2)112-45-84-64(92)41-83-74(98)60(34-48-8-5-4-6-9-48)85-65(93)42-82-63(91)40-81-62(90)10-7-18-110-71-52(35-50(36-57(71)79)89-66(94)15-16-67(89)95)73(97)80-17-19-103-22-23-105-26-27-107-30-31-109-33-32-108-29-28-106-25-24-104-21-20-102-3/h4-6,8-9,15-16,35-38,47,49,58,60,101H,7,10-14,17-34,39-45H2,1-3H3,(H,80,97)(H,81,90)(H,82,91)(H,83,98)(H,84,92)(H,85,93)(H,87,96)/t47-,58-,60-,77-/m0/s1. The number of fused-ring (bicyclic) bond motifs is 5. The lowest BCUT2D eigenvalue weighted by atomic mass is 9.81. The smallest absolute Gasteiger partial charge is 0.343 e. The van der Waals surface area contributed by atoms with Gasteiger partial charge in [0.25, 0.3) is 23.3 Å². The van der Waals surface area contributed by atoms with Gasteiger partial charge in [0.15, 0.2) is 17.2 Å². The molecule has 35 heteroatoms. The van der Waals surface area contributed by atoms with Crippen LogP contribution >= 0.6 is 0 Å². The van der Waals surface area contributed by atoms with E-state index >= 15 is 8.78 Å². The summed E-state index contributed by atoms with van der Waals surface area (Å²) in [6, 6.07) is 11.6. The van der Waals surface area contributed by atoms with Crippen molar-refractivity contribution in [2.24, 2.45) is 5.92 Å². The van der Waals surface area contributed by atoms with Crippen molar-refractivity contribution in [2.45, 2.75) is 102 Å². The number of ether oxygens (including phenoxy) is 11. The van der Waals surface area contributed by atoms with Gasteiger partial charge in [0, 0.05) is 67.3 Å². The second kappa shape index (κ2) is 41.4. The molecule has 1 saturated carbocycles. The number of aromatic nitrogens is 2. The molecule has 0 bridgehead atoms. The summed E-state index contributed by atoms with van der Waals surface area (Å²) < 4.78 is 92.8. The van der Waals surface area contributed by atoms with Crippen molar-refractivity contribution in [3.8, 4) is 17.1 Å². The second-order valence-corrected chi connectivity index (χ2v) is 27.0. The number of methoxy groups -OCH3 is 1. The third kappa shape index (κ3) is 22.8. The molecular formula is C77H94F2N10O23. The number of imide groups is 1. The van der Waals surface area contributed by atoms with E-state index in [1.807, 2.05) is 0 Å². The van der Waals surface area contributed by atoms with Crippen LogP contribution in [0, 0.1) is 24.5 Å². The zero-order valence-electron chi connectivity index (χ0n) is 62.6. The van der Waals surface area contributed by atoms with Crippen molar-refractivity contribution in [3.05, 3.63) is 133 Å². The Kier molecular flexibility index (Phi) is 31.2. The molecular weight excluding hydrogens is 1470 g/mol. The fourth-order valence-corrected chi connectivity index (χ4v) is 13.1. The fourth-order valence-electron chi connectivity index (χ4n) is 13.1. The number of halogens is 2. The van der Waals surface area contributed by atoms with Gasteiger partial charge in [0.2, 0.25) is 35.4 Å². The van der Waals surface area contributed by atoms with E-state index in [2.05, 4.69) is 37.2 Å². The predicted octanol–water partition coefficient (Wildman–Crippen LogP) is 1.50. The summed E-state index contributed by atoms with van der Waals surface area (Å²) in [5.74, 6) is -9.47. The van der Waals surface area contributed by atoms with E-state index in [4.69, 9.17) is 57.1 Å². The zero-order valence-corrected chi connectivity index (χ0v) is 62.6. The highest BCUT2D eigenvalue weighted by Crippen LogP contribution is 2.48. The third-order valence-corrected chi connectivity index (χ3v) is 19.0. The topological polar surface area (TPSA) is 415 Å². The number of cyclic esters (lactones) is 1. The molecule has 604 valence electrons. The number of nitrogens with zero attached hydrogens (tertiary/aromatic N) is 3. The van der Waals surface area contributed by atoms with Gasteiger partial charge < -0.3 is 99.0 Å². The summed E-state index contributed by atoms with van der Waals surface area (Å²) in [6.45, 7) is 5.72. The number of esters is 1. The van der Waals surface area contributed by atoms with Gasteiger partial charge in [-0.15, -0.1) is 0 Å². The molecule has 10 rings (SSSR count). The summed E-state index contributed by atoms with van der Waals surface area (Å²) in [5, 5.41) is 30.4. The molecule has 5 aliphatic rings. The first-order chi connectivity index (χ1) is 54.1. The van der Waals surface area contributed by atoms with Crippen LogP contribution < -0.4 is 52.4 Å². The Hall–Kier alpha value is -10.1. The van der Waals surface area contributed by atoms with E-state index < -0.39 is 132 Å². The molecule has 0 unspecified atom stereocenters. The average Bonchev–Trinajstić information content (AvgIpc) is 1.35. The van der Waals surface area contributed by atoms with Crippen molar-refractivity contribution in [2.75, 3.05) is 151 Å². The molecule has 112 heavy (non-hydrogen) atoms. The molecule has 2 aromatic heterocycles. The molecule has 8 N–H and O–H groups in total. The van der Waals surface area contributed by atoms with Gasteiger partial charge in [0.1, 0.15) is 31.3 Å². The van der Waals surface area contributed by atoms with E-state index in [1.54, 1.807) is 50.4 Å². The van der Waals surface area contributed by atoms with Crippen LogP contribution in [0.25, 0.3) is 22.3 Å². The average molecular weight is 1570 g/mol. The number of nitrogens with one attached hydrogen (secondary N) is 7. The molecule has 3 aliphatic heterocycles. The number of aliphatic hydroxyl groups is 1. The Labute approximate surface area is 643 Å². The minimum atomic E-state index is -2.04. The number of carbonyl (C=O) groups excluding carboxylic acids is 10. The van der Waals surface area contributed by atoms with Crippen LogP contribution in [-0.4, -0.2) is 232 Å². The number of rotatable bonds is 48. The highest BCUT2D eigenvalue weighted by atomic mass is 19.1. The lowest BCUT2D eigenvalue weighted by Crippen LogP contribution is -2.52. The quantitative estimate of drug-likeness (QED) is 0.0116. The van der Waals surface area contributed by atoms with E-state index in [0.29, 0.717) is 147 Å². The van der Waals surface area contributed by atoms with Gasteiger partial charge in [-0.1, -0.05) is 43.2 Å². The predicted molar refractivity (Wildman–Crippen MR) is 393 cm³/mol. The molecule has 5 heterocycles. The molecule has 0 radical (unpaired) electrons. The van der Waals surface area contributed by atoms with Crippen molar-refractivity contribution < 1.29 is 114 Å². The number of amides is 9. The number of carbonyl (C=O) groups is 10. The van der Waals surface area contributed by atoms with Gasteiger partial charge in [0.05, 0.1) is 172 Å². The first-order valence-corrected chi connectivity index (χ1v) is 37.1. The Morgan fingerprint density at radius 2 is 1.28 bits per heavy atom. The van der Waals surface area contributed by atoms with Crippen molar-refractivity contribution >= 4 is 75.7 Å². The number of hydrogen-bond acceptors (Lipinski definition) is 24. The first-order valence-electron chi connectivity index (χ1n) is 37.1. The van der Waals surface area contributed by atoms with Gasteiger partial charge >= 0.3 is 5.97 Å². The van der Waals surface area contributed by atoms with Crippen LogP contribution in [0.4, 0.5) is 14.5 Å². The van der Waals surface area contributed by atoms with Crippen molar-refractivity contribution in [1.29, 1.82) is 0 Å². The summed E-state index contributed by atoms with van der Waals surface area (Å²) in [4.78, 5) is 151. The van der Waals surface area contributed by atoms with Crippen LogP contribution in [0.15, 0.2) is 71.5 Å². The number of hydrogen-bond donors (Lipinski definition) is 8. The Bertz CT molecular complexity index is 4310. The van der Waals surface area contributed by atoms with Crippen LogP contribution in [0.1, 0.15) is 101 Å². The molecule has 4 atom stereocenters. The Balaban J connectivity index is 0.616. The lowest BCUT2D eigenvalue weighted by molar-refractivity contribution is -0.173. The maximum Gasteiger partial charge on any atom is 0.343 e. The van der Waals surface area contributed by atoms with Crippen LogP contribution in [-0.2, 0) is 122 Å². The summed E-state index contributed by atoms with van der Waals surface area (Å²) >= 11 is 0. The van der Waals surface area contributed by atoms with E-state index in [0.717, 1.165) is 37.1 Å². The van der Waals surface area contributed by atoms with Gasteiger partial charge in [-0.3, -0.25) is 47.9 Å². The second-order valence-electron chi connectivity index (χ2n) is 27.0. The maximum absolute atomic E-state index is 15.8. The number of pyridine rings is 2. The molecule has 33 nitrogen and oxygen atoms in total. The highest BCUT2D eigenvalue weighted by molar-refractivity contribution is 6.28. The Morgan fingerprint density at radius 1 is 0.670 bits per heavy atom. The number of benzene rings is 3. The molecule has 9 amide bonds. The molecule has 0 spiro atoms. The maximum atomic E-state index is 15.8. The van der Waals surface area contributed by atoms with Gasteiger partial charge in [-0.05, 0) is 79.8 Å². The summed E-state index contributed by atoms with van der Waals surface area (Å²) in [6.07, 6.45) is 2.96. The Morgan fingerprint density at radius 3 is 1.92 bits per heavy atom. The molecule has 2 aliphatic carbocycles. The monoisotopic (exact) mass is 1560 g/mol. The molecule has 3 aromatic carbocycles. The highest BCUT2D eigenvalue weighted by Gasteiger charge is 2.50. The number of anilines is 1. The summed E-state index contributed by atoms with van der Waals surface area (Å²) in [5.41, 5.74) is 1.19. The molecule has 5 aromatic rings. The van der Waals surface area contributed by atoms with Crippen molar-refractivity contribution in [3.63, 3.8) is 0 Å². The van der Waals surface area contributed by atoms with E-state index in [9.17, 15) is 57.8 Å². The number of aryl methyl sites for hydroxylation is 1. The third-order valence-electron chi connectivity index (χ3n) is 19.0. The summed E-state index contributed by atoms with van der Waals surface area (Å²) in [7, 11) is 1.61. The van der Waals surface area contributed by atoms with E-state index in [-0.39, 0.29) is 100 Å². The molecule has 0 saturated heterocycles. The van der Waals surface area contributed by atoms with Gasteiger partial charge in [-0.2, -0.15) is 0 Å². The van der Waals surface area contributed by atoms with Crippen LogP contribution in [0.3, 0.4) is 0 Å².